The summed E-state index contributed by atoms with van der Waals surface area (Å²) in [5.41, 5.74) is 3.38. The molecule has 0 aliphatic heterocycles. The highest BCUT2D eigenvalue weighted by atomic mass is 16.5. The van der Waals surface area contributed by atoms with Crippen molar-refractivity contribution >= 4 is 10.8 Å². The molecule has 118 valence electrons. The average molecular weight is 305 g/mol. The van der Waals surface area contributed by atoms with Crippen LogP contribution in [0.3, 0.4) is 0 Å². The third-order valence-corrected chi connectivity index (χ3v) is 6.53. The van der Waals surface area contributed by atoms with Gasteiger partial charge < -0.3 is 4.74 Å². The van der Waals surface area contributed by atoms with Crippen LogP contribution in [0.4, 0.5) is 0 Å². The minimum atomic E-state index is 0.308. The molecular formula is C21H23NO. The summed E-state index contributed by atoms with van der Waals surface area (Å²) in [6, 6.07) is 13.4. The van der Waals surface area contributed by atoms with E-state index in [1.165, 1.54) is 41.2 Å². The Morgan fingerprint density at radius 1 is 1.26 bits per heavy atom. The van der Waals surface area contributed by atoms with Gasteiger partial charge in [0.05, 0.1) is 13.2 Å². The van der Waals surface area contributed by atoms with Crippen molar-refractivity contribution in [3.8, 4) is 11.8 Å². The number of methoxy groups -OCH3 is 1. The van der Waals surface area contributed by atoms with Crippen molar-refractivity contribution in [2.75, 3.05) is 7.11 Å². The van der Waals surface area contributed by atoms with E-state index in [1.54, 1.807) is 7.11 Å². The highest BCUT2D eigenvalue weighted by Crippen LogP contribution is 2.60. The number of rotatable bonds is 2. The summed E-state index contributed by atoms with van der Waals surface area (Å²) in [5, 5.41) is 11.8. The molecule has 2 aliphatic carbocycles. The predicted octanol–water partition coefficient (Wildman–Crippen LogP) is 5.21. The maximum absolute atomic E-state index is 9.16. The number of nitrogens with zero attached hydrogens (tertiary/aromatic N) is 1. The van der Waals surface area contributed by atoms with Crippen molar-refractivity contribution in [2.24, 2.45) is 11.3 Å². The standard InChI is InChI=1S/C21H23NO/c1-21-11-9-18-17-7-5-16(23-2)13-14(17)3-6-19(18)20(21)8-4-15(21)10-12-22/h3,5-7,13,15,20H,4,8-11H2,1-2H3/t15-,20-,21+/m0/s1. The number of hydrogen-bond acceptors (Lipinski definition) is 2. The third-order valence-electron chi connectivity index (χ3n) is 6.53. The van der Waals surface area contributed by atoms with Crippen molar-refractivity contribution in [1.29, 1.82) is 5.26 Å². The van der Waals surface area contributed by atoms with Crippen LogP contribution in [0.1, 0.15) is 49.7 Å². The molecule has 0 radical (unpaired) electrons. The van der Waals surface area contributed by atoms with Crippen LogP contribution in [0, 0.1) is 22.7 Å². The zero-order valence-electron chi connectivity index (χ0n) is 13.9. The van der Waals surface area contributed by atoms with E-state index in [-0.39, 0.29) is 0 Å². The molecule has 1 saturated carbocycles. The molecule has 2 aliphatic rings. The lowest BCUT2D eigenvalue weighted by Crippen LogP contribution is -2.32. The van der Waals surface area contributed by atoms with Crippen LogP contribution in [0.15, 0.2) is 30.3 Å². The van der Waals surface area contributed by atoms with E-state index in [0.29, 0.717) is 23.7 Å². The zero-order valence-corrected chi connectivity index (χ0v) is 13.9. The molecule has 0 aromatic heterocycles. The molecule has 2 aromatic rings. The summed E-state index contributed by atoms with van der Waals surface area (Å²) in [4.78, 5) is 0. The second-order valence-corrected chi connectivity index (χ2v) is 7.42. The fourth-order valence-corrected chi connectivity index (χ4v) is 5.16. The molecule has 3 atom stereocenters. The van der Waals surface area contributed by atoms with Gasteiger partial charge in [0.15, 0.2) is 0 Å². The number of ether oxygens (including phenoxy) is 1. The van der Waals surface area contributed by atoms with E-state index in [9.17, 15) is 0 Å². The first-order chi connectivity index (χ1) is 11.2. The molecule has 2 heteroatoms. The van der Waals surface area contributed by atoms with Gasteiger partial charge in [-0.05, 0) is 77.0 Å². The number of aryl methyl sites for hydroxylation is 1. The van der Waals surface area contributed by atoms with E-state index in [0.717, 1.165) is 12.2 Å². The maximum Gasteiger partial charge on any atom is 0.119 e. The van der Waals surface area contributed by atoms with Crippen molar-refractivity contribution in [3.63, 3.8) is 0 Å². The molecule has 0 N–H and O–H groups in total. The van der Waals surface area contributed by atoms with Crippen molar-refractivity contribution in [2.45, 2.75) is 44.9 Å². The first-order valence-electron chi connectivity index (χ1n) is 8.64. The van der Waals surface area contributed by atoms with Crippen molar-refractivity contribution in [1.82, 2.24) is 0 Å². The number of hydrogen-bond donors (Lipinski definition) is 0. The fourth-order valence-electron chi connectivity index (χ4n) is 5.16. The Bertz CT molecular complexity index is 803. The summed E-state index contributed by atoms with van der Waals surface area (Å²) in [6.45, 7) is 2.42. The Morgan fingerprint density at radius 2 is 2.13 bits per heavy atom. The summed E-state index contributed by atoms with van der Waals surface area (Å²) in [7, 11) is 1.72. The SMILES string of the molecule is COc1ccc2c3c(ccc2c1)[C@@H]1CC[C@@H](CC#N)[C@@]1(C)CC3. The Balaban J connectivity index is 1.81. The van der Waals surface area contributed by atoms with E-state index in [2.05, 4.69) is 43.3 Å². The van der Waals surface area contributed by atoms with Gasteiger partial charge in [-0.3, -0.25) is 0 Å². The molecule has 4 rings (SSSR count). The van der Waals surface area contributed by atoms with Gasteiger partial charge in [-0.2, -0.15) is 5.26 Å². The topological polar surface area (TPSA) is 33.0 Å². The van der Waals surface area contributed by atoms with Gasteiger partial charge in [-0.1, -0.05) is 25.1 Å². The second kappa shape index (κ2) is 5.27. The molecule has 0 amide bonds. The lowest BCUT2D eigenvalue weighted by molar-refractivity contribution is 0.175. The van der Waals surface area contributed by atoms with Gasteiger partial charge in [0.2, 0.25) is 0 Å². The van der Waals surface area contributed by atoms with E-state index >= 15 is 0 Å². The van der Waals surface area contributed by atoms with Crippen LogP contribution in [-0.2, 0) is 6.42 Å². The van der Waals surface area contributed by atoms with Crippen LogP contribution in [-0.4, -0.2) is 7.11 Å². The monoisotopic (exact) mass is 305 g/mol. The third kappa shape index (κ3) is 2.06. The average Bonchev–Trinajstić information content (AvgIpc) is 2.91. The molecule has 0 saturated heterocycles. The first kappa shape index (κ1) is 14.6. The van der Waals surface area contributed by atoms with Gasteiger partial charge >= 0.3 is 0 Å². The molecule has 0 unspecified atom stereocenters. The molecule has 1 fully saturated rings. The number of benzene rings is 2. The van der Waals surface area contributed by atoms with Gasteiger partial charge in [-0.15, -0.1) is 0 Å². The zero-order chi connectivity index (χ0) is 16.0. The van der Waals surface area contributed by atoms with Crippen LogP contribution in [0.25, 0.3) is 10.8 Å². The lowest BCUT2D eigenvalue weighted by atomic mass is 9.62. The molecule has 2 aromatic carbocycles. The van der Waals surface area contributed by atoms with Gasteiger partial charge in [0.25, 0.3) is 0 Å². The summed E-state index contributed by atoms with van der Waals surface area (Å²) >= 11 is 0. The first-order valence-corrected chi connectivity index (χ1v) is 8.64. The van der Waals surface area contributed by atoms with E-state index in [4.69, 9.17) is 10.00 Å². The molecule has 0 heterocycles. The molecular weight excluding hydrogens is 282 g/mol. The van der Waals surface area contributed by atoms with E-state index < -0.39 is 0 Å². The highest BCUT2D eigenvalue weighted by molar-refractivity contribution is 5.88. The van der Waals surface area contributed by atoms with Crippen LogP contribution >= 0.6 is 0 Å². The number of nitriles is 1. The Hall–Kier alpha value is -2.01. The predicted molar refractivity (Wildman–Crippen MR) is 92.6 cm³/mol. The normalized spacial score (nSPS) is 28.9. The van der Waals surface area contributed by atoms with Gasteiger partial charge in [0, 0.05) is 6.42 Å². The quantitative estimate of drug-likeness (QED) is 0.763. The summed E-state index contributed by atoms with van der Waals surface area (Å²) < 4.78 is 5.36. The van der Waals surface area contributed by atoms with Crippen molar-refractivity contribution < 1.29 is 4.74 Å². The molecule has 0 spiro atoms. The fraction of sp³-hybridized carbons (Fsp3) is 0.476. The van der Waals surface area contributed by atoms with Crippen LogP contribution in [0.2, 0.25) is 0 Å². The number of fused-ring (bicyclic) bond motifs is 5. The minimum absolute atomic E-state index is 0.308. The Morgan fingerprint density at radius 3 is 2.91 bits per heavy atom. The highest BCUT2D eigenvalue weighted by Gasteiger charge is 2.49. The molecule has 2 nitrogen and oxygen atoms in total. The van der Waals surface area contributed by atoms with Gasteiger partial charge in [-0.25, -0.2) is 0 Å². The second-order valence-electron chi connectivity index (χ2n) is 7.42. The Kier molecular flexibility index (Phi) is 3.34. The summed E-state index contributed by atoms with van der Waals surface area (Å²) in [6.07, 6.45) is 5.50. The minimum Gasteiger partial charge on any atom is -0.497 e. The Labute approximate surface area is 138 Å². The van der Waals surface area contributed by atoms with Crippen LogP contribution in [0.5, 0.6) is 5.75 Å². The maximum atomic E-state index is 9.16. The lowest BCUT2D eigenvalue weighted by Gasteiger charge is -2.41. The molecule has 23 heavy (non-hydrogen) atoms. The largest absolute Gasteiger partial charge is 0.497 e. The van der Waals surface area contributed by atoms with E-state index in [1.807, 2.05) is 0 Å². The van der Waals surface area contributed by atoms with Crippen LogP contribution < -0.4 is 4.74 Å². The smallest absolute Gasteiger partial charge is 0.119 e. The summed E-state index contributed by atoms with van der Waals surface area (Å²) in [5.74, 6) is 2.11. The molecule has 0 bridgehead atoms. The van der Waals surface area contributed by atoms with Crippen molar-refractivity contribution in [3.05, 3.63) is 41.5 Å². The van der Waals surface area contributed by atoms with Gasteiger partial charge in [0.1, 0.15) is 5.75 Å².